The van der Waals surface area contributed by atoms with Crippen LogP contribution in [0, 0.1) is 6.92 Å². The maximum atomic E-state index is 12.9. The second-order valence-electron chi connectivity index (χ2n) is 9.39. The van der Waals surface area contributed by atoms with Gasteiger partial charge in [0.15, 0.2) is 0 Å². The lowest BCUT2D eigenvalue weighted by atomic mass is 10.1. The number of hydrogen-bond acceptors (Lipinski definition) is 7. The van der Waals surface area contributed by atoms with E-state index in [9.17, 15) is 4.79 Å². The first-order valence-electron chi connectivity index (χ1n) is 16.5. The maximum absolute atomic E-state index is 12.9. The van der Waals surface area contributed by atoms with Gasteiger partial charge in [-0.25, -0.2) is 9.97 Å². The van der Waals surface area contributed by atoms with Crippen molar-refractivity contribution >= 4 is 23.2 Å². The van der Waals surface area contributed by atoms with Crippen molar-refractivity contribution < 1.29 is 4.79 Å². The molecule has 1 amide bonds. The van der Waals surface area contributed by atoms with Crippen LogP contribution >= 0.6 is 0 Å². The van der Waals surface area contributed by atoms with E-state index < -0.39 is 0 Å². The normalized spacial score (nSPS) is 12.3. The van der Waals surface area contributed by atoms with Crippen LogP contribution in [0.5, 0.6) is 0 Å². The molecule has 2 aromatic heterocycles. The molecule has 8 heteroatoms. The molecule has 0 aliphatic carbocycles. The third kappa shape index (κ3) is 12.8. The number of pyridine rings is 1. The number of aromatic nitrogens is 3. The number of amides is 1. The number of piperazine rings is 1. The van der Waals surface area contributed by atoms with Crippen LogP contribution in [0.4, 0.5) is 17.3 Å². The average molecular weight is 614 g/mol. The topological polar surface area (TPSA) is 86.3 Å². The van der Waals surface area contributed by atoms with Crippen molar-refractivity contribution in [1.82, 2.24) is 24.8 Å². The minimum atomic E-state index is -0.143. The summed E-state index contributed by atoms with van der Waals surface area (Å²) in [4.78, 5) is 30.9. The number of aryl methyl sites for hydroxylation is 1. The molecule has 4 aromatic rings. The number of carbonyl (C=O) groups is 1. The van der Waals surface area contributed by atoms with Gasteiger partial charge in [-0.05, 0) is 67.6 Å². The van der Waals surface area contributed by atoms with E-state index in [2.05, 4.69) is 42.4 Å². The first kappa shape index (κ1) is 38.9. The van der Waals surface area contributed by atoms with Crippen LogP contribution in [-0.4, -0.2) is 63.9 Å². The second kappa shape index (κ2) is 22.4. The number of benzene rings is 2. The summed E-state index contributed by atoms with van der Waals surface area (Å²) in [7, 11) is 2.16. The van der Waals surface area contributed by atoms with E-state index >= 15 is 0 Å². The third-order valence-electron chi connectivity index (χ3n) is 6.57. The SMILES string of the molecule is CC.CC.CC.CC.Cc1ccc(NC(=O)c2ccc(CN3CCN(C)CC3)cc2)cc1Nc1nccc(-c2cccnc2)n1. The predicted molar refractivity (Wildman–Crippen MR) is 192 cm³/mol. The Hall–Kier alpha value is -4.14. The number of rotatable bonds is 7. The lowest BCUT2D eigenvalue weighted by Crippen LogP contribution is -2.43. The zero-order chi connectivity index (χ0) is 33.6. The molecule has 5 rings (SSSR count). The first-order valence-corrected chi connectivity index (χ1v) is 16.5. The summed E-state index contributed by atoms with van der Waals surface area (Å²) in [6.07, 6.45) is 5.22. The van der Waals surface area contributed by atoms with Gasteiger partial charge < -0.3 is 15.5 Å². The van der Waals surface area contributed by atoms with Gasteiger partial charge in [-0.1, -0.05) is 73.6 Å². The molecule has 0 saturated carbocycles. The van der Waals surface area contributed by atoms with Crippen molar-refractivity contribution in [3.8, 4) is 11.3 Å². The van der Waals surface area contributed by atoms with E-state index in [-0.39, 0.29) is 5.91 Å². The van der Waals surface area contributed by atoms with Gasteiger partial charge in [0.1, 0.15) is 0 Å². The lowest BCUT2D eigenvalue weighted by Gasteiger charge is -2.32. The Bertz CT molecular complexity index is 1350. The van der Waals surface area contributed by atoms with Crippen molar-refractivity contribution in [2.45, 2.75) is 68.9 Å². The van der Waals surface area contributed by atoms with Gasteiger partial charge in [-0.15, -0.1) is 0 Å². The zero-order valence-corrected chi connectivity index (χ0v) is 29.2. The highest BCUT2D eigenvalue weighted by molar-refractivity contribution is 6.04. The Labute approximate surface area is 272 Å². The Morgan fingerprint density at radius 3 is 2.11 bits per heavy atom. The van der Waals surface area contributed by atoms with E-state index in [1.165, 1.54) is 5.56 Å². The summed E-state index contributed by atoms with van der Waals surface area (Å²) in [5.41, 5.74) is 6.08. The zero-order valence-electron chi connectivity index (χ0n) is 29.2. The van der Waals surface area contributed by atoms with Crippen molar-refractivity contribution in [2.75, 3.05) is 43.9 Å². The van der Waals surface area contributed by atoms with Crippen LogP contribution in [0.2, 0.25) is 0 Å². The fraction of sp³-hybridized carbons (Fsp3) is 0.405. The van der Waals surface area contributed by atoms with Crippen LogP contribution in [-0.2, 0) is 6.54 Å². The van der Waals surface area contributed by atoms with Crippen molar-refractivity contribution in [2.24, 2.45) is 0 Å². The first-order chi connectivity index (χ1) is 22.0. The largest absolute Gasteiger partial charge is 0.324 e. The Morgan fingerprint density at radius 2 is 1.49 bits per heavy atom. The molecule has 0 spiro atoms. The van der Waals surface area contributed by atoms with Crippen molar-refractivity contribution in [3.05, 3.63) is 95.9 Å². The summed E-state index contributed by atoms with van der Waals surface area (Å²) in [6, 6.07) is 19.3. The smallest absolute Gasteiger partial charge is 0.255 e. The van der Waals surface area contributed by atoms with E-state index in [4.69, 9.17) is 0 Å². The molecule has 0 unspecified atom stereocenters. The van der Waals surface area contributed by atoms with E-state index in [0.717, 1.165) is 55.2 Å². The van der Waals surface area contributed by atoms with Gasteiger partial charge in [-0.2, -0.15) is 0 Å². The van der Waals surface area contributed by atoms with Crippen LogP contribution in [0.15, 0.2) is 79.3 Å². The fourth-order valence-electron chi connectivity index (χ4n) is 4.28. The molecule has 1 aliphatic rings. The highest BCUT2D eigenvalue weighted by Crippen LogP contribution is 2.24. The van der Waals surface area contributed by atoms with Crippen LogP contribution in [0.1, 0.15) is 76.9 Å². The maximum Gasteiger partial charge on any atom is 0.255 e. The minimum Gasteiger partial charge on any atom is -0.324 e. The van der Waals surface area contributed by atoms with E-state index in [0.29, 0.717) is 17.2 Å². The Balaban J connectivity index is 0.00000117. The summed E-state index contributed by atoms with van der Waals surface area (Å²) in [5, 5.41) is 6.29. The monoisotopic (exact) mass is 613 g/mol. The molecule has 3 heterocycles. The van der Waals surface area contributed by atoms with E-state index in [1.807, 2.05) is 123 Å². The molecule has 45 heavy (non-hydrogen) atoms. The quantitative estimate of drug-likeness (QED) is 0.216. The second-order valence-corrected chi connectivity index (χ2v) is 9.39. The Morgan fingerprint density at radius 1 is 0.822 bits per heavy atom. The number of hydrogen-bond donors (Lipinski definition) is 2. The number of nitrogens with one attached hydrogen (secondary N) is 2. The molecule has 0 radical (unpaired) electrons. The molecule has 1 fully saturated rings. The highest BCUT2D eigenvalue weighted by Gasteiger charge is 2.14. The molecule has 0 atom stereocenters. The molecule has 1 saturated heterocycles. The highest BCUT2D eigenvalue weighted by atomic mass is 16.1. The summed E-state index contributed by atoms with van der Waals surface area (Å²) < 4.78 is 0. The van der Waals surface area contributed by atoms with Crippen LogP contribution in [0.25, 0.3) is 11.3 Å². The van der Waals surface area contributed by atoms with Gasteiger partial charge in [0.05, 0.1) is 5.69 Å². The molecular weight excluding hydrogens is 558 g/mol. The third-order valence-corrected chi connectivity index (χ3v) is 6.57. The molecule has 2 aromatic carbocycles. The van der Waals surface area contributed by atoms with Gasteiger partial charge in [0.2, 0.25) is 5.95 Å². The van der Waals surface area contributed by atoms with Gasteiger partial charge in [-0.3, -0.25) is 14.7 Å². The average Bonchev–Trinajstić information content (AvgIpc) is 3.11. The summed E-state index contributed by atoms with van der Waals surface area (Å²) in [6.45, 7) is 23.2. The molecule has 244 valence electrons. The molecule has 8 nitrogen and oxygen atoms in total. The lowest BCUT2D eigenvalue weighted by molar-refractivity contribution is 0.102. The Kier molecular flexibility index (Phi) is 19.3. The number of likely N-dealkylation sites (N-methyl/N-ethyl adjacent to an activating group) is 1. The van der Waals surface area contributed by atoms with Crippen molar-refractivity contribution in [1.29, 1.82) is 0 Å². The van der Waals surface area contributed by atoms with Gasteiger partial charge in [0, 0.05) is 73.8 Å². The minimum absolute atomic E-state index is 0.143. The molecule has 1 aliphatic heterocycles. The summed E-state index contributed by atoms with van der Waals surface area (Å²) >= 11 is 0. The fourth-order valence-corrected chi connectivity index (χ4v) is 4.28. The summed E-state index contributed by atoms with van der Waals surface area (Å²) in [5.74, 6) is 0.333. The van der Waals surface area contributed by atoms with Crippen LogP contribution in [0.3, 0.4) is 0 Å². The number of anilines is 3. The molecule has 2 N–H and O–H groups in total. The van der Waals surface area contributed by atoms with E-state index in [1.54, 1.807) is 18.6 Å². The molecule has 0 bridgehead atoms. The van der Waals surface area contributed by atoms with Crippen molar-refractivity contribution in [3.63, 3.8) is 0 Å². The molecular formula is C37H55N7O. The number of carbonyl (C=O) groups excluding carboxylic acids is 1. The standard InChI is InChI=1S/C29H31N7O.4C2H6/c1-21-5-10-25(18-27(21)34-29-31-13-11-26(33-29)24-4-3-12-30-19-24)32-28(37)23-8-6-22(7-9-23)20-36-16-14-35(2)15-17-36;4*1-2/h3-13,18-19H,14-17,20H2,1-2H3,(H,32,37)(H,31,33,34);4*1-2H3. The van der Waals surface area contributed by atoms with Crippen LogP contribution < -0.4 is 10.6 Å². The van der Waals surface area contributed by atoms with Gasteiger partial charge >= 0.3 is 0 Å². The van der Waals surface area contributed by atoms with Gasteiger partial charge in [0.25, 0.3) is 5.91 Å². The number of nitrogens with zero attached hydrogens (tertiary/aromatic N) is 5. The predicted octanol–water partition coefficient (Wildman–Crippen LogP) is 8.70.